The van der Waals surface area contributed by atoms with Crippen molar-refractivity contribution in [3.63, 3.8) is 0 Å². The van der Waals surface area contributed by atoms with Gasteiger partial charge in [0.1, 0.15) is 12.7 Å². The Hall–Kier alpha value is -1.44. The summed E-state index contributed by atoms with van der Waals surface area (Å²) in [5, 5.41) is 20.2. The van der Waals surface area contributed by atoms with E-state index < -0.39 is 23.6 Å². The van der Waals surface area contributed by atoms with Crippen LogP contribution in [0.5, 0.6) is 0 Å². The highest BCUT2D eigenvalue weighted by Crippen LogP contribution is 2.32. The molecular formula is C17H27NO6. The third-order valence-electron chi connectivity index (χ3n) is 4.95. The Morgan fingerprint density at radius 1 is 1.42 bits per heavy atom. The Bertz CT molecular complexity index is 519. The number of carbonyl (C=O) groups excluding carboxylic acids is 2. The molecule has 2 aliphatic heterocycles. The quantitative estimate of drug-likeness (QED) is 0.528. The molecule has 0 aromatic rings. The zero-order valence-corrected chi connectivity index (χ0v) is 14.7. The molecule has 24 heavy (non-hydrogen) atoms. The highest BCUT2D eigenvalue weighted by atomic mass is 16.6. The van der Waals surface area contributed by atoms with Gasteiger partial charge >= 0.3 is 11.9 Å². The smallest absolute Gasteiger partial charge is 0.341 e. The predicted molar refractivity (Wildman–Crippen MR) is 86.0 cm³/mol. The number of hydrogen-bond acceptors (Lipinski definition) is 7. The van der Waals surface area contributed by atoms with Crippen LogP contribution in [0.2, 0.25) is 0 Å². The third kappa shape index (κ3) is 3.48. The Labute approximate surface area is 142 Å². The molecule has 1 fully saturated rings. The van der Waals surface area contributed by atoms with Crippen LogP contribution in [0, 0.1) is 5.92 Å². The van der Waals surface area contributed by atoms with E-state index in [1.165, 1.54) is 13.8 Å². The predicted octanol–water partition coefficient (Wildman–Crippen LogP) is 0.244. The number of nitrogens with zero attached hydrogens (tertiary/aromatic N) is 1. The van der Waals surface area contributed by atoms with Crippen LogP contribution >= 0.6 is 0 Å². The van der Waals surface area contributed by atoms with E-state index in [2.05, 4.69) is 4.90 Å². The second kappa shape index (κ2) is 7.21. The molecule has 2 heterocycles. The number of rotatable bonds is 6. The fraction of sp³-hybridized carbons (Fsp3) is 0.765. The molecule has 0 spiro atoms. The van der Waals surface area contributed by atoms with Crippen molar-refractivity contribution in [1.82, 2.24) is 4.90 Å². The number of esters is 2. The zero-order chi connectivity index (χ0) is 18.1. The first-order chi connectivity index (χ1) is 11.2. The SMILES string of the molecule is CC(=O)O[C@@H]1CCN2CC=C(COC(=O)C(O)(C(C)C)[C@H](C)O)[C@H]12. The van der Waals surface area contributed by atoms with Gasteiger partial charge in [0.25, 0.3) is 0 Å². The number of carbonyl (C=O) groups is 2. The maximum Gasteiger partial charge on any atom is 0.341 e. The number of aliphatic hydroxyl groups is 2. The normalized spacial score (nSPS) is 27.4. The molecule has 0 aromatic carbocycles. The first-order valence-electron chi connectivity index (χ1n) is 8.35. The van der Waals surface area contributed by atoms with Crippen molar-refractivity contribution in [2.75, 3.05) is 19.7 Å². The summed E-state index contributed by atoms with van der Waals surface area (Å²) in [6.07, 6.45) is 1.24. The van der Waals surface area contributed by atoms with Gasteiger partial charge in [-0.1, -0.05) is 19.9 Å². The highest BCUT2D eigenvalue weighted by Gasteiger charge is 2.47. The maximum atomic E-state index is 12.3. The first-order valence-corrected chi connectivity index (χ1v) is 8.35. The standard InChI is InChI=1S/C17H27NO6/c1-10(2)17(22,11(3)19)16(21)23-9-13-5-7-18-8-6-14(15(13)18)24-12(4)20/h5,10-11,14-15,19,22H,6-9H2,1-4H3/t11-,14+,15+,17?/m0/s1. The van der Waals surface area contributed by atoms with E-state index in [-0.39, 0.29) is 24.7 Å². The molecule has 0 amide bonds. The fourth-order valence-corrected chi connectivity index (χ4v) is 3.49. The van der Waals surface area contributed by atoms with E-state index in [1.54, 1.807) is 13.8 Å². The van der Waals surface area contributed by atoms with Crippen LogP contribution in [-0.2, 0) is 19.1 Å². The molecule has 136 valence electrons. The van der Waals surface area contributed by atoms with Gasteiger partial charge in [-0.3, -0.25) is 9.69 Å². The molecule has 1 saturated heterocycles. The van der Waals surface area contributed by atoms with Gasteiger partial charge in [-0.25, -0.2) is 4.79 Å². The lowest BCUT2D eigenvalue weighted by atomic mass is 9.85. The Kier molecular flexibility index (Phi) is 5.67. The summed E-state index contributed by atoms with van der Waals surface area (Å²) in [6, 6.07) is -0.0830. The van der Waals surface area contributed by atoms with Crippen molar-refractivity contribution in [2.24, 2.45) is 5.92 Å². The molecule has 7 nitrogen and oxygen atoms in total. The highest BCUT2D eigenvalue weighted by molar-refractivity contribution is 5.80. The molecule has 2 rings (SSSR count). The van der Waals surface area contributed by atoms with E-state index >= 15 is 0 Å². The average molecular weight is 341 g/mol. The molecule has 0 aliphatic carbocycles. The number of hydrogen-bond donors (Lipinski definition) is 2. The second-order valence-electron chi connectivity index (χ2n) is 6.89. The van der Waals surface area contributed by atoms with E-state index in [9.17, 15) is 19.8 Å². The summed E-state index contributed by atoms with van der Waals surface area (Å²) >= 11 is 0. The topological polar surface area (TPSA) is 96.3 Å². The fourth-order valence-electron chi connectivity index (χ4n) is 3.49. The van der Waals surface area contributed by atoms with E-state index in [0.717, 1.165) is 25.1 Å². The van der Waals surface area contributed by atoms with Crippen LogP contribution in [0.25, 0.3) is 0 Å². The van der Waals surface area contributed by atoms with Crippen molar-refractivity contribution in [3.05, 3.63) is 11.6 Å². The summed E-state index contributed by atoms with van der Waals surface area (Å²) < 4.78 is 10.6. The summed E-state index contributed by atoms with van der Waals surface area (Å²) in [5.74, 6) is -1.65. The molecule has 2 N–H and O–H groups in total. The third-order valence-corrected chi connectivity index (χ3v) is 4.95. The molecule has 4 atom stereocenters. The molecule has 0 radical (unpaired) electrons. The van der Waals surface area contributed by atoms with Gasteiger partial charge in [-0.15, -0.1) is 0 Å². The van der Waals surface area contributed by atoms with Gasteiger partial charge in [-0.05, 0) is 24.8 Å². The molecular weight excluding hydrogens is 314 g/mol. The molecule has 0 saturated carbocycles. The Balaban J connectivity index is 2.01. The van der Waals surface area contributed by atoms with Crippen LogP contribution in [0.1, 0.15) is 34.1 Å². The minimum atomic E-state index is -1.94. The van der Waals surface area contributed by atoms with Crippen molar-refractivity contribution in [2.45, 2.75) is 58.0 Å². The molecule has 0 bridgehead atoms. The lowest BCUT2D eigenvalue weighted by Crippen LogP contribution is -2.53. The van der Waals surface area contributed by atoms with Gasteiger partial charge in [0.05, 0.1) is 12.1 Å². The van der Waals surface area contributed by atoms with Gasteiger partial charge in [0, 0.05) is 20.0 Å². The molecule has 1 unspecified atom stereocenters. The van der Waals surface area contributed by atoms with Crippen LogP contribution in [-0.4, -0.2) is 70.6 Å². The molecule has 7 heteroatoms. The van der Waals surface area contributed by atoms with Crippen LogP contribution < -0.4 is 0 Å². The van der Waals surface area contributed by atoms with Crippen molar-refractivity contribution >= 4 is 11.9 Å². The van der Waals surface area contributed by atoms with E-state index in [0.29, 0.717) is 0 Å². The average Bonchev–Trinajstić information content (AvgIpc) is 3.06. The lowest BCUT2D eigenvalue weighted by molar-refractivity contribution is -0.184. The Morgan fingerprint density at radius 3 is 2.62 bits per heavy atom. The van der Waals surface area contributed by atoms with Crippen LogP contribution in [0.3, 0.4) is 0 Å². The summed E-state index contributed by atoms with van der Waals surface area (Å²) in [6.45, 7) is 7.61. The number of ether oxygens (including phenoxy) is 2. The van der Waals surface area contributed by atoms with Crippen LogP contribution in [0.15, 0.2) is 11.6 Å². The van der Waals surface area contributed by atoms with Crippen molar-refractivity contribution in [1.29, 1.82) is 0 Å². The molecule has 0 aromatic heterocycles. The summed E-state index contributed by atoms with van der Waals surface area (Å²) in [7, 11) is 0. The summed E-state index contributed by atoms with van der Waals surface area (Å²) in [5.41, 5.74) is -1.08. The maximum absolute atomic E-state index is 12.3. The minimum absolute atomic E-state index is 0.0134. The number of aliphatic hydroxyl groups excluding tert-OH is 1. The minimum Gasteiger partial charge on any atom is -0.460 e. The second-order valence-corrected chi connectivity index (χ2v) is 6.89. The number of fused-ring (bicyclic) bond motifs is 1. The van der Waals surface area contributed by atoms with E-state index in [1.807, 2.05) is 6.08 Å². The first kappa shape index (κ1) is 18.9. The van der Waals surface area contributed by atoms with Gasteiger partial charge in [0.2, 0.25) is 0 Å². The van der Waals surface area contributed by atoms with E-state index in [4.69, 9.17) is 9.47 Å². The van der Waals surface area contributed by atoms with Crippen molar-refractivity contribution < 1.29 is 29.3 Å². The van der Waals surface area contributed by atoms with Gasteiger partial charge in [-0.2, -0.15) is 0 Å². The van der Waals surface area contributed by atoms with Gasteiger partial charge < -0.3 is 19.7 Å². The lowest BCUT2D eigenvalue weighted by Gasteiger charge is -2.32. The summed E-state index contributed by atoms with van der Waals surface area (Å²) in [4.78, 5) is 25.7. The van der Waals surface area contributed by atoms with Crippen molar-refractivity contribution in [3.8, 4) is 0 Å². The monoisotopic (exact) mass is 341 g/mol. The van der Waals surface area contributed by atoms with Gasteiger partial charge in [0.15, 0.2) is 5.60 Å². The Morgan fingerprint density at radius 2 is 2.08 bits per heavy atom. The van der Waals surface area contributed by atoms with Crippen LogP contribution in [0.4, 0.5) is 0 Å². The molecule has 2 aliphatic rings. The zero-order valence-electron chi connectivity index (χ0n) is 14.7. The largest absolute Gasteiger partial charge is 0.460 e.